The van der Waals surface area contributed by atoms with Crippen molar-refractivity contribution in [2.75, 3.05) is 0 Å². The number of aromatic nitrogens is 5. The van der Waals surface area contributed by atoms with Crippen molar-refractivity contribution in [3.8, 4) is 11.4 Å². The van der Waals surface area contributed by atoms with E-state index in [1.165, 1.54) is 6.33 Å². The number of nitrogens with zero attached hydrogens (tertiary/aromatic N) is 4. The first-order chi connectivity index (χ1) is 6.77. The van der Waals surface area contributed by atoms with Gasteiger partial charge < -0.3 is 0 Å². The van der Waals surface area contributed by atoms with Gasteiger partial charge in [0.1, 0.15) is 12.2 Å². The van der Waals surface area contributed by atoms with Gasteiger partial charge in [-0.2, -0.15) is 5.10 Å². The Hall–Kier alpha value is -1.78. The Morgan fingerprint density at radius 2 is 1.93 bits per heavy atom. The maximum absolute atomic E-state index is 4.33. The second-order valence-electron chi connectivity index (χ2n) is 3.33. The molecule has 2 heterocycles. The van der Waals surface area contributed by atoms with E-state index >= 15 is 0 Å². The molecule has 0 bridgehead atoms. The van der Waals surface area contributed by atoms with Crippen LogP contribution in [0.3, 0.4) is 0 Å². The van der Waals surface area contributed by atoms with Crippen LogP contribution in [0.15, 0.2) is 18.7 Å². The predicted octanol–water partition coefficient (Wildman–Crippen LogP) is 1.39. The van der Waals surface area contributed by atoms with Crippen molar-refractivity contribution < 1.29 is 0 Å². The lowest BCUT2D eigenvalue weighted by atomic mass is 10.2. The molecule has 5 heteroatoms. The summed E-state index contributed by atoms with van der Waals surface area (Å²) < 4.78 is 0. The molecule has 1 N–H and O–H groups in total. The molecule has 72 valence electrons. The fourth-order valence-electron chi connectivity index (χ4n) is 1.08. The van der Waals surface area contributed by atoms with Gasteiger partial charge in [-0.1, -0.05) is 13.8 Å². The van der Waals surface area contributed by atoms with Crippen molar-refractivity contribution in [1.29, 1.82) is 0 Å². The van der Waals surface area contributed by atoms with Crippen molar-refractivity contribution in [1.82, 2.24) is 25.1 Å². The summed E-state index contributed by atoms with van der Waals surface area (Å²) in [6.45, 7) is 4.12. The van der Waals surface area contributed by atoms with E-state index in [-0.39, 0.29) is 0 Å². The second-order valence-corrected chi connectivity index (χ2v) is 3.33. The highest BCUT2D eigenvalue weighted by atomic mass is 15.2. The van der Waals surface area contributed by atoms with Crippen LogP contribution in [0.2, 0.25) is 0 Å². The average Bonchev–Trinajstić information content (AvgIpc) is 2.68. The van der Waals surface area contributed by atoms with E-state index in [1.54, 1.807) is 12.4 Å². The molecule has 2 aromatic heterocycles. The lowest BCUT2D eigenvalue weighted by Crippen LogP contribution is -1.89. The Morgan fingerprint density at radius 3 is 2.50 bits per heavy atom. The van der Waals surface area contributed by atoms with Crippen LogP contribution >= 0.6 is 0 Å². The van der Waals surface area contributed by atoms with E-state index in [4.69, 9.17) is 0 Å². The van der Waals surface area contributed by atoms with Crippen molar-refractivity contribution in [2.24, 2.45) is 0 Å². The van der Waals surface area contributed by atoms with Crippen LogP contribution in [-0.2, 0) is 0 Å². The molecule has 0 aliphatic carbocycles. The lowest BCUT2D eigenvalue weighted by molar-refractivity contribution is 0.781. The summed E-state index contributed by atoms with van der Waals surface area (Å²) in [7, 11) is 0. The Balaban J connectivity index is 2.34. The molecular weight excluding hydrogens is 178 g/mol. The van der Waals surface area contributed by atoms with Crippen LogP contribution in [0.1, 0.15) is 25.6 Å². The Labute approximate surface area is 81.6 Å². The molecule has 0 radical (unpaired) electrons. The monoisotopic (exact) mass is 189 g/mol. The van der Waals surface area contributed by atoms with Gasteiger partial charge in [-0.3, -0.25) is 5.10 Å². The topological polar surface area (TPSA) is 67.3 Å². The summed E-state index contributed by atoms with van der Waals surface area (Å²) in [5.74, 6) is 1.87. The Bertz CT molecular complexity index is 406. The molecule has 0 atom stereocenters. The van der Waals surface area contributed by atoms with Crippen LogP contribution in [0, 0.1) is 0 Å². The van der Waals surface area contributed by atoms with Gasteiger partial charge in [0.05, 0.1) is 5.56 Å². The van der Waals surface area contributed by atoms with E-state index in [0.29, 0.717) is 11.7 Å². The zero-order chi connectivity index (χ0) is 9.97. The third-order valence-corrected chi connectivity index (χ3v) is 1.87. The largest absolute Gasteiger partial charge is 0.262 e. The molecule has 5 nitrogen and oxygen atoms in total. The first kappa shape index (κ1) is 8.80. The zero-order valence-corrected chi connectivity index (χ0v) is 8.10. The number of H-pyrrole nitrogens is 1. The highest BCUT2D eigenvalue weighted by molar-refractivity contribution is 5.50. The van der Waals surface area contributed by atoms with Crippen molar-refractivity contribution in [3.63, 3.8) is 0 Å². The minimum atomic E-state index is 0.348. The fourth-order valence-corrected chi connectivity index (χ4v) is 1.08. The van der Waals surface area contributed by atoms with Crippen LogP contribution < -0.4 is 0 Å². The van der Waals surface area contributed by atoms with Crippen molar-refractivity contribution >= 4 is 0 Å². The summed E-state index contributed by atoms with van der Waals surface area (Å²) in [5.41, 5.74) is 0.829. The summed E-state index contributed by atoms with van der Waals surface area (Å²) in [4.78, 5) is 12.2. The Kier molecular flexibility index (Phi) is 2.22. The van der Waals surface area contributed by atoms with Crippen LogP contribution in [0.25, 0.3) is 11.4 Å². The van der Waals surface area contributed by atoms with Gasteiger partial charge in [-0.25, -0.2) is 15.0 Å². The fraction of sp³-hybridized carbons (Fsp3) is 0.333. The predicted molar refractivity (Wildman–Crippen MR) is 51.5 cm³/mol. The first-order valence-corrected chi connectivity index (χ1v) is 4.45. The van der Waals surface area contributed by atoms with Crippen molar-refractivity contribution in [2.45, 2.75) is 19.8 Å². The molecule has 0 fully saturated rings. The number of rotatable bonds is 2. The smallest absolute Gasteiger partial charge is 0.184 e. The SMILES string of the molecule is CC(C)c1nc(-c2cncnc2)n[nH]1. The summed E-state index contributed by atoms with van der Waals surface area (Å²) >= 11 is 0. The molecule has 0 unspecified atom stereocenters. The van der Waals surface area contributed by atoms with Gasteiger partial charge in [0.25, 0.3) is 0 Å². The minimum absolute atomic E-state index is 0.348. The minimum Gasteiger partial charge on any atom is -0.262 e. The van der Waals surface area contributed by atoms with Crippen LogP contribution in [0.4, 0.5) is 0 Å². The molecule has 0 saturated carbocycles. The average molecular weight is 189 g/mol. The second kappa shape index (κ2) is 3.53. The van der Waals surface area contributed by atoms with Gasteiger partial charge in [0.2, 0.25) is 0 Å². The summed E-state index contributed by atoms with van der Waals surface area (Å²) in [6.07, 6.45) is 4.88. The molecule has 2 rings (SSSR count). The summed E-state index contributed by atoms with van der Waals surface area (Å²) in [5, 5.41) is 6.98. The number of hydrogen-bond donors (Lipinski definition) is 1. The van der Waals surface area contributed by atoms with Gasteiger partial charge in [0, 0.05) is 18.3 Å². The molecule has 0 aliphatic rings. The van der Waals surface area contributed by atoms with E-state index in [0.717, 1.165) is 11.4 Å². The lowest BCUT2D eigenvalue weighted by Gasteiger charge is -1.95. The van der Waals surface area contributed by atoms with Gasteiger partial charge >= 0.3 is 0 Å². The highest BCUT2D eigenvalue weighted by Gasteiger charge is 2.08. The summed E-state index contributed by atoms with van der Waals surface area (Å²) in [6, 6.07) is 0. The maximum atomic E-state index is 4.33. The van der Waals surface area contributed by atoms with Crippen LogP contribution in [0.5, 0.6) is 0 Å². The van der Waals surface area contributed by atoms with E-state index < -0.39 is 0 Å². The number of hydrogen-bond acceptors (Lipinski definition) is 4. The third-order valence-electron chi connectivity index (χ3n) is 1.87. The molecule has 0 spiro atoms. The van der Waals surface area contributed by atoms with Crippen molar-refractivity contribution in [3.05, 3.63) is 24.5 Å². The quantitative estimate of drug-likeness (QED) is 0.775. The molecule has 2 aromatic rings. The maximum Gasteiger partial charge on any atom is 0.184 e. The molecule has 0 aliphatic heterocycles. The van der Waals surface area contributed by atoms with Crippen LogP contribution in [-0.4, -0.2) is 25.1 Å². The molecule has 14 heavy (non-hydrogen) atoms. The zero-order valence-electron chi connectivity index (χ0n) is 8.10. The number of nitrogens with one attached hydrogen (secondary N) is 1. The normalized spacial score (nSPS) is 10.8. The Morgan fingerprint density at radius 1 is 1.21 bits per heavy atom. The third kappa shape index (κ3) is 1.61. The van der Waals surface area contributed by atoms with E-state index in [1.807, 2.05) is 0 Å². The van der Waals surface area contributed by atoms with E-state index in [9.17, 15) is 0 Å². The van der Waals surface area contributed by atoms with Gasteiger partial charge in [-0.05, 0) is 0 Å². The molecular formula is C9H11N5. The molecule has 0 aromatic carbocycles. The molecule has 0 amide bonds. The first-order valence-electron chi connectivity index (χ1n) is 4.45. The standard InChI is InChI=1S/C9H11N5/c1-6(2)8-12-9(14-13-8)7-3-10-5-11-4-7/h3-6H,1-2H3,(H,12,13,14). The van der Waals surface area contributed by atoms with Gasteiger partial charge in [0.15, 0.2) is 5.82 Å². The number of aromatic amines is 1. The molecule has 0 saturated heterocycles. The van der Waals surface area contributed by atoms with Gasteiger partial charge in [-0.15, -0.1) is 0 Å². The highest BCUT2D eigenvalue weighted by Crippen LogP contribution is 2.14. The van der Waals surface area contributed by atoms with E-state index in [2.05, 4.69) is 39.0 Å².